The molecule has 0 atom stereocenters. The Bertz CT molecular complexity index is 666. The first-order chi connectivity index (χ1) is 10.6. The molecule has 1 N–H and O–H groups in total. The number of para-hydroxylation sites is 1. The van der Waals surface area contributed by atoms with Crippen LogP contribution in [0.15, 0.2) is 47.4 Å². The number of hydrogen-bond acceptors (Lipinski definition) is 3. The third kappa shape index (κ3) is 4.93. The Kier molecular flexibility index (Phi) is 6.61. The van der Waals surface area contributed by atoms with Crippen LogP contribution in [0.1, 0.15) is 5.56 Å². The molecule has 0 radical (unpaired) electrons. The standard InChI is InChI=1S/C16H15ClFNOS2/c1-21-15-5-3-2-4-14(15)19-16(20)10-22-9-11-6-7-12(17)8-13(11)18/h2-8H,9-10H2,1H3,(H,19,20). The van der Waals surface area contributed by atoms with Gasteiger partial charge in [-0.15, -0.1) is 23.5 Å². The Morgan fingerprint density at radius 1 is 1.27 bits per heavy atom. The molecule has 0 heterocycles. The molecule has 2 aromatic rings. The van der Waals surface area contributed by atoms with Crippen molar-refractivity contribution in [1.29, 1.82) is 0 Å². The molecule has 0 saturated heterocycles. The van der Waals surface area contributed by atoms with Crippen LogP contribution in [-0.2, 0) is 10.5 Å². The number of thioether (sulfide) groups is 2. The molecule has 0 aromatic heterocycles. The average molecular weight is 356 g/mol. The van der Waals surface area contributed by atoms with Crippen molar-refractivity contribution in [3.63, 3.8) is 0 Å². The van der Waals surface area contributed by atoms with E-state index in [4.69, 9.17) is 11.6 Å². The maximum absolute atomic E-state index is 13.6. The van der Waals surface area contributed by atoms with Crippen molar-refractivity contribution in [2.45, 2.75) is 10.6 Å². The summed E-state index contributed by atoms with van der Waals surface area (Å²) in [6.07, 6.45) is 1.96. The highest BCUT2D eigenvalue weighted by molar-refractivity contribution is 7.99. The number of benzene rings is 2. The van der Waals surface area contributed by atoms with Gasteiger partial charge in [0.2, 0.25) is 5.91 Å². The number of anilines is 1. The molecule has 116 valence electrons. The number of amides is 1. The van der Waals surface area contributed by atoms with Crippen molar-refractivity contribution in [1.82, 2.24) is 0 Å². The minimum absolute atomic E-state index is 0.0964. The highest BCUT2D eigenvalue weighted by atomic mass is 35.5. The summed E-state index contributed by atoms with van der Waals surface area (Å²) in [6.45, 7) is 0. The zero-order chi connectivity index (χ0) is 15.9. The number of nitrogens with one attached hydrogen (secondary N) is 1. The highest BCUT2D eigenvalue weighted by Crippen LogP contribution is 2.25. The van der Waals surface area contributed by atoms with Gasteiger partial charge in [0.25, 0.3) is 0 Å². The number of carbonyl (C=O) groups excluding carboxylic acids is 1. The van der Waals surface area contributed by atoms with Crippen LogP contribution < -0.4 is 5.32 Å². The van der Waals surface area contributed by atoms with Gasteiger partial charge in [0.15, 0.2) is 0 Å². The summed E-state index contributed by atoms with van der Waals surface area (Å²) >= 11 is 8.65. The molecule has 2 nitrogen and oxygen atoms in total. The first kappa shape index (κ1) is 17.2. The van der Waals surface area contributed by atoms with E-state index >= 15 is 0 Å². The van der Waals surface area contributed by atoms with Gasteiger partial charge in [-0.1, -0.05) is 29.8 Å². The van der Waals surface area contributed by atoms with E-state index in [1.54, 1.807) is 23.9 Å². The summed E-state index contributed by atoms with van der Waals surface area (Å²) in [5.74, 6) is 0.264. The monoisotopic (exact) mass is 355 g/mol. The highest BCUT2D eigenvalue weighted by Gasteiger charge is 2.08. The topological polar surface area (TPSA) is 29.1 Å². The summed E-state index contributed by atoms with van der Waals surface area (Å²) in [4.78, 5) is 13.0. The Morgan fingerprint density at radius 3 is 2.77 bits per heavy atom. The summed E-state index contributed by atoms with van der Waals surface area (Å²) in [6, 6.07) is 12.2. The lowest BCUT2D eigenvalue weighted by Crippen LogP contribution is -2.14. The van der Waals surface area contributed by atoms with Gasteiger partial charge >= 0.3 is 0 Å². The fraction of sp³-hybridized carbons (Fsp3) is 0.188. The van der Waals surface area contributed by atoms with E-state index < -0.39 is 0 Å². The largest absolute Gasteiger partial charge is 0.324 e. The van der Waals surface area contributed by atoms with E-state index in [0.717, 1.165) is 10.6 Å². The molecular formula is C16H15ClFNOS2. The lowest BCUT2D eigenvalue weighted by Gasteiger charge is -2.09. The summed E-state index contributed by atoms with van der Waals surface area (Å²) < 4.78 is 13.6. The van der Waals surface area contributed by atoms with Gasteiger partial charge in [-0.25, -0.2) is 4.39 Å². The van der Waals surface area contributed by atoms with Crippen molar-refractivity contribution in [3.8, 4) is 0 Å². The Hall–Kier alpha value is -1.17. The van der Waals surface area contributed by atoms with Crippen LogP contribution in [0.5, 0.6) is 0 Å². The third-order valence-electron chi connectivity index (χ3n) is 2.89. The number of rotatable bonds is 6. The predicted octanol–water partition coefficient (Wildman–Crippen LogP) is 5.07. The fourth-order valence-electron chi connectivity index (χ4n) is 1.83. The van der Waals surface area contributed by atoms with Crippen LogP contribution in [0, 0.1) is 5.82 Å². The van der Waals surface area contributed by atoms with Crippen LogP contribution in [0.4, 0.5) is 10.1 Å². The SMILES string of the molecule is CSc1ccccc1NC(=O)CSCc1ccc(Cl)cc1F. The molecule has 0 fully saturated rings. The summed E-state index contributed by atoms with van der Waals surface area (Å²) in [5, 5.41) is 3.25. The molecule has 2 rings (SSSR count). The van der Waals surface area contributed by atoms with Crippen molar-refractivity contribution < 1.29 is 9.18 Å². The molecule has 0 bridgehead atoms. The van der Waals surface area contributed by atoms with Crippen LogP contribution in [-0.4, -0.2) is 17.9 Å². The smallest absolute Gasteiger partial charge is 0.234 e. The Balaban J connectivity index is 1.85. The first-order valence-corrected chi connectivity index (χ1v) is 9.30. The van der Waals surface area contributed by atoms with Crippen molar-refractivity contribution in [3.05, 3.63) is 58.9 Å². The lowest BCUT2D eigenvalue weighted by molar-refractivity contribution is -0.113. The van der Waals surface area contributed by atoms with E-state index in [0.29, 0.717) is 16.3 Å². The second-order valence-electron chi connectivity index (χ2n) is 4.48. The van der Waals surface area contributed by atoms with E-state index in [1.807, 2.05) is 30.5 Å². The molecule has 0 saturated carbocycles. The number of halogens is 2. The average Bonchev–Trinajstić information content (AvgIpc) is 2.50. The molecule has 0 spiro atoms. The van der Waals surface area contributed by atoms with E-state index in [9.17, 15) is 9.18 Å². The van der Waals surface area contributed by atoms with Crippen molar-refractivity contribution in [2.24, 2.45) is 0 Å². The van der Waals surface area contributed by atoms with E-state index in [2.05, 4.69) is 5.32 Å². The van der Waals surface area contributed by atoms with Gasteiger partial charge in [-0.05, 0) is 36.1 Å². The summed E-state index contributed by atoms with van der Waals surface area (Å²) in [7, 11) is 0. The quantitative estimate of drug-likeness (QED) is 0.733. The molecule has 0 aliphatic rings. The Morgan fingerprint density at radius 2 is 2.05 bits per heavy atom. The van der Waals surface area contributed by atoms with Crippen molar-refractivity contribution in [2.75, 3.05) is 17.3 Å². The fourth-order valence-corrected chi connectivity index (χ4v) is 3.35. The second kappa shape index (κ2) is 8.46. The normalized spacial score (nSPS) is 10.5. The van der Waals surface area contributed by atoms with Crippen LogP contribution in [0.3, 0.4) is 0 Å². The molecule has 2 aromatic carbocycles. The van der Waals surface area contributed by atoms with Gasteiger partial charge in [-0.2, -0.15) is 0 Å². The molecular weight excluding hydrogens is 341 g/mol. The van der Waals surface area contributed by atoms with Gasteiger partial charge in [0, 0.05) is 15.7 Å². The first-order valence-electron chi connectivity index (χ1n) is 6.54. The molecule has 22 heavy (non-hydrogen) atoms. The minimum atomic E-state index is -0.340. The molecule has 0 aliphatic heterocycles. The van der Waals surface area contributed by atoms with Crippen LogP contribution in [0.25, 0.3) is 0 Å². The van der Waals surface area contributed by atoms with Crippen molar-refractivity contribution >= 4 is 46.7 Å². The van der Waals surface area contributed by atoms with Gasteiger partial charge in [0.1, 0.15) is 5.82 Å². The van der Waals surface area contributed by atoms with Gasteiger partial charge in [0.05, 0.1) is 11.4 Å². The minimum Gasteiger partial charge on any atom is -0.324 e. The number of hydrogen-bond donors (Lipinski definition) is 1. The zero-order valence-corrected chi connectivity index (χ0v) is 14.3. The maximum Gasteiger partial charge on any atom is 0.234 e. The molecule has 6 heteroatoms. The molecule has 0 unspecified atom stereocenters. The molecule has 1 amide bonds. The second-order valence-corrected chi connectivity index (χ2v) is 6.75. The lowest BCUT2D eigenvalue weighted by atomic mass is 10.2. The van der Waals surface area contributed by atoms with E-state index in [-0.39, 0.29) is 17.5 Å². The molecule has 0 aliphatic carbocycles. The summed E-state index contributed by atoms with van der Waals surface area (Å²) in [5.41, 5.74) is 1.35. The van der Waals surface area contributed by atoms with E-state index in [1.165, 1.54) is 17.8 Å². The van der Waals surface area contributed by atoms with Crippen LogP contribution in [0.2, 0.25) is 5.02 Å². The Labute approximate surface area is 142 Å². The van der Waals surface area contributed by atoms with Gasteiger partial charge in [-0.3, -0.25) is 4.79 Å². The third-order valence-corrected chi connectivity index (χ3v) is 4.90. The van der Waals surface area contributed by atoms with Gasteiger partial charge < -0.3 is 5.32 Å². The zero-order valence-electron chi connectivity index (χ0n) is 11.9. The van der Waals surface area contributed by atoms with Crippen LogP contribution >= 0.6 is 35.1 Å². The predicted molar refractivity (Wildman–Crippen MR) is 94.4 cm³/mol. The maximum atomic E-state index is 13.6. The number of carbonyl (C=O) groups is 1.